The number of amides is 2. The van der Waals surface area contributed by atoms with Crippen LogP contribution in [0.3, 0.4) is 0 Å². The van der Waals surface area contributed by atoms with Crippen molar-refractivity contribution in [1.29, 1.82) is 0 Å². The van der Waals surface area contributed by atoms with Crippen LogP contribution in [0, 0.1) is 11.8 Å². The van der Waals surface area contributed by atoms with Crippen LogP contribution in [0.1, 0.15) is 25.3 Å². The van der Waals surface area contributed by atoms with Crippen LogP contribution >= 0.6 is 11.3 Å². The van der Waals surface area contributed by atoms with Crippen LogP contribution in [-0.2, 0) is 16.0 Å². The van der Waals surface area contributed by atoms with Crippen LogP contribution < -0.4 is 10.6 Å². The van der Waals surface area contributed by atoms with Gasteiger partial charge in [0.2, 0.25) is 11.8 Å². The lowest BCUT2D eigenvalue weighted by Crippen LogP contribution is -2.21. The number of carbonyl (C=O) groups is 2. The predicted octanol–water partition coefficient (Wildman–Crippen LogP) is 3.29. The van der Waals surface area contributed by atoms with Crippen molar-refractivity contribution >= 4 is 34.0 Å². The molecule has 2 aromatic rings. The summed E-state index contributed by atoms with van der Waals surface area (Å²) >= 11 is 1.43. The molecule has 4 rings (SSSR count). The van der Waals surface area contributed by atoms with Gasteiger partial charge in [-0.05, 0) is 36.5 Å². The average Bonchev–Trinajstić information content (AvgIpc) is 3.16. The molecule has 0 unspecified atom stereocenters. The number of hydrogen-bond acceptors (Lipinski definition) is 4. The van der Waals surface area contributed by atoms with Gasteiger partial charge in [0.15, 0.2) is 5.13 Å². The second kappa shape index (κ2) is 5.45. The number of carbonyl (C=O) groups excluding carboxylic acids is 2. The van der Waals surface area contributed by atoms with E-state index in [1.807, 2.05) is 30.5 Å². The lowest BCUT2D eigenvalue weighted by atomic mass is 10.1. The summed E-state index contributed by atoms with van der Waals surface area (Å²) in [6.45, 7) is 1.98. The number of nitrogens with one attached hydrogen (secondary N) is 2. The molecule has 5 nitrogen and oxygen atoms in total. The highest BCUT2D eigenvalue weighted by Crippen LogP contribution is 2.37. The molecule has 1 fully saturated rings. The minimum atomic E-state index is 0.0254. The van der Waals surface area contributed by atoms with Gasteiger partial charge in [-0.2, -0.15) is 0 Å². The zero-order valence-corrected chi connectivity index (χ0v) is 13.6. The number of rotatable bonds is 4. The zero-order valence-electron chi connectivity index (χ0n) is 12.8. The van der Waals surface area contributed by atoms with Crippen molar-refractivity contribution in [2.45, 2.75) is 26.2 Å². The standard InChI is InChI=1S/C17H17N3O2S/c1-9(10-2-3-10)16(22)20-17-19-14(8-23-17)11-4-5-13-12(6-11)7-15(21)18-13/h4-6,8-10H,2-3,7H2,1H3,(H,18,21)(H,19,20,22)/t9-/m0/s1. The largest absolute Gasteiger partial charge is 0.326 e. The first-order chi connectivity index (χ1) is 11.1. The van der Waals surface area contributed by atoms with E-state index in [1.165, 1.54) is 11.3 Å². The van der Waals surface area contributed by atoms with Gasteiger partial charge in [0.1, 0.15) is 0 Å². The lowest BCUT2D eigenvalue weighted by molar-refractivity contribution is -0.120. The van der Waals surface area contributed by atoms with Gasteiger partial charge in [0.25, 0.3) is 0 Å². The Balaban J connectivity index is 1.50. The summed E-state index contributed by atoms with van der Waals surface area (Å²) in [5, 5.41) is 8.30. The molecule has 0 saturated heterocycles. The minimum Gasteiger partial charge on any atom is -0.326 e. The highest BCUT2D eigenvalue weighted by molar-refractivity contribution is 7.14. The number of benzene rings is 1. The number of thiazole rings is 1. The Kier molecular flexibility index (Phi) is 3.41. The Hall–Kier alpha value is -2.21. The first-order valence-electron chi connectivity index (χ1n) is 7.79. The van der Waals surface area contributed by atoms with Crippen LogP contribution in [0.15, 0.2) is 23.6 Å². The molecule has 2 N–H and O–H groups in total. The van der Waals surface area contributed by atoms with Crippen molar-refractivity contribution in [3.05, 3.63) is 29.1 Å². The molecule has 0 radical (unpaired) electrons. The Bertz CT molecular complexity index is 795. The summed E-state index contributed by atoms with van der Waals surface area (Å²) in [4.78, 5) is 28.1. The smallest absolute Gasteiger partial charge is 0.229 e. The number of aromatic nitrogens is 1. The van der Waals surface area contributed by atoms with E-state index >= 15 is 0 Å². The van der Waals surface area contributed by atoms with E-state index < -0.39 is 0 Å². The summed E-state index contributed by atoms with van der Waals surface area (Å²) < 4.78 is 0. The summed E-state index contributed by atoms with van der Waals surface area (Å²) in [5.74, 6) is 0.671. The van der Waals surface area contributed by atoms with E-state index in [-0.39, 0.29) is 17.7 Å². The second-order valence-corrected chi connectivity index (χ2v) is 7.11. The molecular weight excluding hydrogens is 310 g/mol. The number of nitrogens with zero attached hydrogens (tertiary/aromatic N) is 1. The Labute approximate surface area is 138 Å². The third-order valence-electron chi connectivity index (χ3n) is 4.50. The zero-order chi connectivity index (χ0) is 16.0. The number of anilines is 2. The van der Waals surface area contributed by atoms with E-state index in [9.17, 15) is 9.59 Å². The van der Waals surface area contributed by atoms with Gasteiger partial charge in [0, 0.05) is 22.5 Å². The van der Waals surface area contributed by atoms with E-state index in [2.05, 4.69) is 15.6 Å². The first kappa shape index (κ1) is 14.4. The van der Waals surface area contributed by atoms with Crippen LogP contribution in [-0.4, -0.2) is 16.8 Å². The van der Waals surface area contributed by atoms with Gasteiger partial charge in [0.05, 0.1) is 12.1 Å². The van der Waals surface area contributed by atoms with Gasteiger partial charge < -0.3 is 10.6 Å². The van der Waals surface area contributed by atoms with E-state index in [0.717, 1.165) is 35.3 Å². The van der Waals surface area contributed by atoms with Crippen LogP contribution in [0.5, 0.6) is 0 Å². The summed E-state index contributed by atoms with van der Waals surface area (Å²) in [5.41, 5.74) is 3.66. The van der Waals surface area contributed by atoms with Gasteiger partial charge in [-0.15, -0.1) is 11.3 Å². The molecule has 1 aliphatic carbocycles. The third-order valence-corrected chi connectivity index (χ3v) is 5.26. The maximum absolute atomic E-state index is 12.1. The molecule has 6 heteroatoms. The van der Waals surface area contributed by atoms with Crippen LogP contribution in [0.25, 0.3) is 11.3 Å². The predicted molar refractivity (Wildman–Crippen MR) is 90.4 cm³/mol. The quantitative estimate of drug-likeness (QED) is 0.905. The van der Waals surface area contributed by atoms with Crippen molar-refractivity contribution in [2.24, 2.45) is 11.8 Å². The monoisotopic (exact) mass is 327 g/mol. The molecule has 1 aliphatic heterocycles. The summed E-state index contributed by atoms with van der Waals surface area (Å²) in [7, 11) is 0. The molecule has 0 bridgehead atoms. The van der Waals surface area contributed by atoms with Crippen molar-refractivity contribution in [3.63, 3.8) is 0 Å². The molecule has 23 heavy (non-hydrogen) atoms. The molecule has 2 amide bonds. The van der Waals surface area contributed by atoms with Gasteiger partial charge in [-0.3, -0.25) is 9.59 Å². The lowest BCUT2D eigenvalue weighted by Gasteiger charge is -2.08. The average molecular weight is 327 g/mol. The Morgan fingerprint density at radius 1 is 1.43 bits per heavy atom. The van der Waals surface area contributed by atoms with Gasteiger partial charge in [-0.1, -0.05) is 13.0 Å². The van der Waals surface area contributed by atoms with Crippen molar-refractivity contribution in [1.82, 2.24) is 4.98 Å². The fraction of sp³-hybridized carbons (Fsp3) is 0.353. The molecule has 1 aromatic carbocycles. The minimum absolute atomic E-state index is 0.0254. The maximum Gasteiger partial charge on any atom is 0.229 e. The molecule has 2 heterocycles. The second-order valence-electron chi connectivity index (χ2n) is 6.25. The highest BCUT2D eigenvalue weighted by atomic mass is 32.1. The third kappa shape index (κ3) is 2.86. The van der Waals surface area contributed by atoms with E-state index in [0.29, 0.717) is 17.5 Å². The molecule has 118 valence electrons. The van der Waals surface area contributed by atoms with E-state index in [4.69, 9.17) is 0 Å². The topological polar surface area (TPSA) is 71.1 Å². The molecule has 1 aromatic heterocycles. The summed E-state index contributed by atoms with van der Waals surface area (Å²) in [6, 6.07) is 5.83. The molecule has 1 saturated carbocycles. The normalized spacial score (nSPS) is 17.5. The van der Waals surface area contributed by atoms with E-state index in [1.54, 1.807) is 0 Å². The molecule has 0 spiro atoms. The molecule has 1 atom stereocenters. The summed E-state index contributed by atoms with van der Waals surface area (Å²) in [6.07, 6.45) is 2.72. The van der Waals surface area contributed by atoms with Gasteiger partial charge in [-0.25, -0.2) is 4.98 Å². The fourth-order valence-corrected chi connectivity index (χ4v) is 3.60. The molecular formula is C17H17N3O2S. The van der Waals surface area contributed by atoms with Gasteiger partial charge >= 0.3 is 0 Å². The Morgan fingerprint density at radius 2 is 2.26 bits per heavy atom. The van der Waals surface area contributed by atoms with Crippen molar-refractivity contribution in [2.75, 3.05) is 10.6 Å². The highest BCUT2D eigenvalue weighted by Gasteiger charge is 2.32. The molecule has 2 aliphatic rings. The number of hydrogen-bond donors (Lipinski definition) is 2. The Morgan fingerprint density at radius 3 is 3.04 bits per heavy atom. The first-order valence-corrected chi connectivity index (χ1v) is 8.67. The maximum atomic E-state index is 12.1. The number of fused-ring (bicyclic) bond motifs is 1. The van der Waals surface area contributed by atoms with Crippen LogP contribution in [0.2, 0.25) is 0 Å². The van der Waals surface area contributed by atoms with Crippen molar-refractivity contribution < 1.29 is 9.59 Å². The van der Waals surface area contributed by atoms with Crippen LogP contribution in [0.4, 0.5) is 10.8 Å². The fourth-order valence-electron chi connectivity index (χ4n) is 2.88. The SMILES string of the molecule is C[C@H](C(=O)Nc1nc(-c2ccc3c(c2)CC(=O)N3)cs1)C1CC1. The van der Waals surface area contributed by atoms with Crippen molar-refractivity contribution in [3.8, 4) is 11.3 Å².